The fourth-order valence-electron chi connectivity index (χ4n) is 2.24. The Balaban J connectivity index is 2.47. The number of carbonyl (C=O) groups is 1. The van der Waals surface area contributed by atoms with Crippen molar-refractivity contribution in [3.63, 3.8) is 0 Å². The molecule has 2 rings (SSSR count). The summed E-state index contributed by atoms with van der Waals surface area (Å²) in [5, 5.41) is 0. The van der Waals surface area contributed by atoms with E-state index in [9.17, 15) is 9.18 Å². The minimum absolute atomic E-state index is 0.0568. The Morgan fingerprint density at radius 1 is 1.33 bits per heavy atom. The van der Waals surface area contributed by atoms with E-state index in [1.165, 1.54) is 13.2 Å². The third kappa shape index (κ3) is 3.42. The van der Waals surface area contributed by atoms with Crippen LogP contribution in [0, 0.1) is 12.7 Å². The van der Waals surface area contributed by atoms with Crippen molar-refractivity contribution in [1.29, 1.82) is 0 Å². The number of primary amides is 1. The lowest BCUT2D eigenvalue weighted by molar-refractivity contribution is 0.0996. The number of rotatable bonds is 4. The van der Waals surface area contributed by atoms with E-state index in [1.807, 2.05) is 25.1 Å². The zero-order chi connectivity index (χ0) is 15.6. The molecule has 0 fully saturated rings. The first-order chi connectivity index (χ1) is 9.92. The van der Waals surface area contributed by atoms with Crippen molar-refractivity contribution in [2.24, 2.45) is 5.73 Å². The molecule has 0 heterocycles. The molecule has 110 valence electrons. The van der Waals surface area contributed by atoms with Gasteiger partial charge in [-0.15, -0.1) is 0 Å². The summed E-state index contributed by atoms with van der Waals surface area (Å²) in [5.74, 6) is -0.891. The van der Waals surface area contributed by atoms with E-state index in [2.05, 4.69) is 15.9 Å². The molecule has 21 heavy (non-hydrogen) atoms. The molecule has 2 aromatic rings. The van der Waals surface area contributed by atoms with Gasteiger partial charge in [0.15, 0.2) is 0 Å². The summed E-state index contributed by atoms with van der Waals surface area (Å²) in [6.07, 6.45) is 0.454. The molecule has 0 saturated heterocycles. The number of hydrogen-bond donors (Lipinski definition) is 1. The number of carbonyl (C=O) groups excluding carboxylic acids is 1. The molecule has 0 saturated carbocycles. The van der Waals surface area contributed by atoms with Gasteiger partial charge in [-0.05, 0) is 36.2 Å². The predicted molar refractivity (Wildman–Crippen MR) is 83.2 cm³/mol. The highest BCUT2D eigenvalue weighted by Gasteiger charge is 2.16. The molecule has 3 nitrogen and oxygen atoms in total. The van der Waals surface area contributed by atoms with Crippen molar-refractivity contribution in [2.75, 3.05) is 7.11 Å². The Kier molecular flexibility index (Phi) is 4.63. The van der Waals surface area contributed by atoms with Gasteiger partial charge in [0.05, 0.1) is 12.7 Å². The van der Waals surface area contributed by atoms with Gasteiger partial charge in [-0.1, -0.05) is 28.1 Å². The Morgan fingerprint density at radius 2 is 2.05 bits per heavy atom. The van der Waals surface area contributed by atoms with Crippen LogP contribution in [0.5, 0.6) is 5.75 Å². The van der Waals surface area contributed by atoms with Crippen molar-refractivity contribution in [2.45, 2.75) is 13.3 Å². The van der Waals surface area contributed by atoms with Gasteiger partial charge in [0.25, 0.3) is 5.91 Å². The lowest BCUT2D eigenvalue weighted by atomic mass is 9.99. The van der Waals surface area contributed by atoms with Crippen LogP contribution in [0.3, 0.4) is 0 Å². The van der Waals surface area contributed by atoms with Crippen LogP contribution < -0.4 is 10.5 Å². The van der Waals surface area contributed by atoms with Crippen LogP contribution in [0.25, 0.3) is 0 Å². The minimum Gasteiger partial charge on any atom is -0.496 e. The standard InChI is InChI=1S/C16H15BrFNO2/c1-9-5-10(3-4-14(9)17)6-11-7-12(18)8-13(16(19)20)15(11)21-2/h3-5,7-8H,6H2,1-2H3,(H2,19,20). The van der Waals surface area contributed by atoms with Crippen molar-refractivity contribution in [1.82, 2.24) is 0 Å². The van der Waals surface area contributed by atoms with Gasteiger partial charge in [0.2, 0.25) is 0 Å². The van der Waals surface area contributed by atoms with Crippen LogP contribution in [-0.4, -0.2) is 13.0 Å². The summed E-state index contributed by atoms with van der Waals surface area (Å²) in [6, 6.07) is 8.33. The van der Waals surface area contributed by atoms with E-state index in [0.717, 1.165) is 21.7 Å². The lowest BCUT2D eigenvalue weighted by Gasteiger charge is -2.13. The fourth-order valence-corrected chi connectivity index (χ4v) is 2.49. The number of hydrogen-bond acceptors (Lipinski definition) is 2. The van der Waals surface area contributed by atoms with E-state index in [1.54, 1.807) is 0 Å². The van der Waals surface area contributed by atoms with Crippen LogP contribution >= 0.6 is 15.9 Å². The molecule has 0 aliphatic rings. The normalized spacial score (nSPS) is 10.5. The van der Waals surface area contributed by atoms with Crippen LogP contribution in [-0.2, 0) is 6.42 Å². The molecule has 2 aromatic carbocycles. The van der Waals surface area contributed by atoms with Crippen molar-refractivity contribution >= 4 is 21.8 Å². The zero-order valence-corrected chi connectivity index (χ0v) is 13.3. The molecule has 5 heteroatoms. The van der Waals surface area contributed by atoms with E-state index in [-0.39, 0.29) is 5.56 Å². The monoisotopic (exact) mass is 351 g/mol. The molecular weight excluding hydrogens is 337 g/mol. The number of benzene rings is 2. The smallest absolute Gasteiger partial charge is 0.252 e. The van der Waals surface area contributed by atoms with Gasteiger partial charge >= 0.3 is 0 Å². The molecule has 0 spiro atoms. The Bertz CT molecular complexity index is 701. The van der Waals surface area contributed by atoms with Gasteiger partial charge in [0.1, 0.15) is 11.6 Å². The van der Waals surface area contributed by atoms with Gasteiger partial charge < -0.3 is 10.5 Å². The van der Waals surface area contributed by atoms with Gasteiger partial charge in [0, 0.05) is 16.5 Å². The van der Waals surface area contributed by atoms with Crippen LogP contribution in [0.4, 0.5) is 4.39 Å². The summed E-state index contributed by atoms with van der Waals surface area (Å²) in [4.78, 5) is 11.4. The SMILES string of the molecule is COc1c(Cc2ccc(Br)c(C)c2)cc(F)cc1C(N)=O. The first kappa shape index (κ1) is 15.5. The fraction of sp³-hybridized carbons (Fsp3) is 0.188. The van der Waals surface area contributed by atoms with Gasteiger partial charge in [-0.2, -0.15) is 0 Å². The molecule has 0 radical (unpaired) electrons. The maximum absolute atomic E-state index is 13.7. The molecule has 0 aromatic heterocycles. The van der Waals surface area contributed by atoms with Gasteiger partial charge in [-0.25, -0.2) is 4.39 Å². The molecule has 1 amide bonds. The average Bonchev–Trinajstić information content (AvgIpc) is 2.42. The first-order valence-electron chi connectivity index (χ1n) is 6.33. The zero-order valence-electron chi connectivity index (χ0n) is 11.7. The topological polar surface area (TPSA) is 52.3 Å². The summed E-state index contributed by atoms with van der Waals surface area (Å²) in [5.41, 5.74) is 8.00. The molecule has 0 unspecified atom stereocenters. The number of methoxy groups -OCH3 is 1. The van der Waals surface area contributed by atoms with Crippen LogP contribution in [0.2, 0.25) is 0 Å². The van der Waals surface area contributed by atoms with E-state index >= 15 is 0 Å². The minimum atomic E-state index is -0.709. The highest BCUT2D eigenvalue weighted by molar-refractivity contribution is 9.10. The maximum atomic E-state index is 13.7. The molecule has 0 aliphatic heterocycles. The highest BCUT2D eigenvalue weighted by Crippen LogP contribution is 2.28. The maximum Gasteiger partial charge on any atom is 0.252 e. The third-order valence-corrected chi connectivity index (χ3v) is 4.11. The summed E-state index contributed by atoms with van der Waals surface area (Å²) in [7, 11) is 1.44. The second kappa shape index (κ2) is 6.26. The van der Waals surface area contributed by atoms with Crippen molar-refractivity contribution < 1.29 is 13.9 Å². The number of aryl methyl sites for hydroxylation is 1. The molecule has 0 atom stereocenters. The van der Waals surface area contributed by atoms with E-state index in [0.29, 0.717) is 17.7 Å². The number of halogens is 2. The van der Waals surface area contributed by atoms with E-state index < -0.39 is 11.7 Å². The summed E-state index contributed by atoms with van der Waals surface area (Å²) in [6.45, 7) is 1.98. The van der Waals surface area contributed by atoms with Crippen molar-refractivity contribution in [3.8, 4) is 5.75 Å². The second-order valence-corrected chi connectivity index (χ2v) is 5.62. The first-order valence-corrected chi connectivity index (χ1v) is 7.13. The van der Waals surface area contributed by atoms with Gasteiger partial charge in [-0.3, -0.25) is 4.79 Å². The lowest BCUT2D eigenvalue weighted by Crippen LogP contribution is -2.14. The average molecular weight is 352 g/mol. The van der Waals surface area contributed by atoms with Crippen molar-refractivity contribution in [3.05, 3.63) is 62.9 Å². The largest absolute Gasteiger partial charge is 0.496 e. The summed E-state index contributed by atoms with van der Waals surface area (Å²) >= 11 is 3.44. The Labute approximate surface area is 131 Å². The number of amides is 1. The second-order valence-electron chi connectivity index (χ2n) is 4.77. The molecule has 0 bridgehead atoms. The van der Waals surface area contributed by atoms with E-state index in [4.69, 9.17) is 10.5 Å². The highest BCUT2D eigenvalue weighted by atomic mass is 79.9. The Hall–Kier alpha value is -1.88. The number of nitrogens with two attached hydrogens (primary N) is 1. The Morgan fingerprint density at radius 3 is 2.62 bits per heavy atom. The van der Waals surface area contributed by atoms with Crippen LogP contribution in [0.1, 0.15) is 27.0 Å². The van der Waals surface area contributed by atoms with Crippen LogP contribution in [0.15, 0.2) is 34.8 Å². The molecule has 0 aliphatic carbocycles. The predicted octanol–water partition coefficient (Wildman–Crippen LogP) is 3.59. The quantitative estimate of drug-likeness (QED) is 0.914. The molecular formula is C16H15BrFNO2. The third-order valence-electron chi connectivity index (χ3n) is 3.22. The summed E-state index contributed by atoms with van der Waals surface area (Å²) < 4.78 is 19.9. The number of ether oxygens (including phenoxy) is 1. The molecule has 2 N–H and O–H groups in total.